The van der Waals surface area contributed by atoms with Crippen LogP contribution in [-0.2, 0) is 16.1 Å². The summed E-state index contributed by atoms with van der Waals surface area (Å²) in [7, 11) is 0. The first-order valence-electron chi connectivity index (χ1n) is 6.43. The van der Waals surface area contributed by atoms with E-state index in [0.717, 1.165) is 0 Å². The van der Waals surface area contributed by atoms with Crippen LogP contribution in [0, 0.1) is 5.82 Å². The fraction of sp³-hybridized carbons (Fsp3) is 0.133. The van der Waals surface area contributed by atoms with Crippen molar-refractivity contribution in [2.24, 2.45) is 0 Å². The number of hydrogen-bond acceptors (Lipinski definition) is 4. The number of carbonyl (C=O) groups is 2. The molecule has 6 nitrogen and oxygen atoms in total. The van der Waals surface area contributed by atoms with Crippen LogP contribution in [0.25, 0.3) is 0 Å². The smallest absolute Gasteiger partial charge is 0.344 e. The van der Waals surface area contributed by atoms with Crippen LogP contribution < -0.4 is 10.9 Å². The summed E-state index contributed by atoms with van der Waals surface area (Å²) >= 11 is 0. The van der Waals surface area contributed by atoms with Gasteiger partial charge >= 0.3 is 5.97 Å². The van der Waals surface area contributed by atoms with Gasteiger partial charge < -0.3 is 15.0 Å². The molecule has 0 fully saturated rings. The Kier molecular flexibility index (Phi) is 5.02. The van der Waals surface area contributed by atoms with Gasteiger partial charge in [0.15, 0.2) is 6.61 Å². The maximum atomic E-state index is 13.3. The maximum absolute atomic E-state index is 13.3. The highest BCUT2D eigenvalue weighted by Crippen LogP contribution is 2.05. The van der Waals surface area contributed by atoms with Crippen LogP contribution in [0.5, 0.6) is 0 Å². The molecule has 0 radical (unpaired) electrons. The minimum absolute atomic E-state index is 0.0189. The first-order chi connectivity index (χ1) is 10.6. The lowest BCUT2D eigenvalue weighted by molar-refractivity contribution is -0.124. The molecule has 1 heterocycles. The van der Waals surface area contributed by atoms with Crippen LogP contribution in [0.15, 0.2) is 47.4 Å². The number of benzene rings is 1. The van der Waals surface area contributed by atoms with Gasteiger partial charge in [-0.25, -0.2) is 9.18 Å². The quantitative estimate of drug-likeness (QED) is 0.806. The fourth-order valence-corrected chi connectivity index (χ4v) is 1.68. The van der Waals surface area contributed by atoms with Gasteiger partial charge in [-0.15, -0.1) is 0 Å². The highest BCUT2D eigenvalue weighted by atomic mass is 19.1. The Labute approximate surface area is 124 Å². The van der Waals surface area contributed by atoms with E-state index in [1.165, 1.54) is 30.5 Å². The first-order valence-corrected chi connectivity index (χ1v) is 6.43. The molecule has 1 amide bonds. The van der Waals surface area contributed by atoms with Crippen LogP contribution in [0.4, 0.5) is 4.39 Å². The van der Waals surface area contributed by atoms with Gasteiger partial charge in [-0.2, -0.15) is 0 Å². The van der Waals surface area contributed by atoms with Crippen LogP contribution in [0.3, 0.4) is 0 Å². The van der Waals surface area contributed by atoms with Crippen molar-refractivity contribution in [2.45, 2.75) is 6.54 Å². The highest BCUT2D eigenvalue weighted by Gasteiger charge is 2.13. The summed E-state index contributed by atoms with van der Waals surface area (Å²) in [6.45, 7) is -0.573. The number of aromatic nitrogens is 1. The SMILES string of the molecule is O=C(COC(=O)c1ccc[nH]c1=O)NCc1ccccc1F. The van der Waals surface area contributed by atoms with Crippen molar-refractivity contribution in [3.8, 4) is 0 Å². The molecule has 114 valence electrons. The normalized spacial score (nSPS) is 10.0. The third-order valence-corrected chi connectivity index (χ3v) is 2.81. The van der Waals surface area contributed by atoms with Gasteiger partial charge in [-0.05, 0) is 18.2 Å². The number of aromatic amines is 1. The van der Waals surface area contributed by atoms with Crippen molar-refractivity contribution < 1.29 is 18.7 Å². The Morgan fingerprint density at radius 1 is 1.18 bits per heavy atom. The zero-order valence-electron chi connectivity index (χ0n) is 11.5. The summed E-state index contributed by atoms with van der Waals surface area (Å²) in [6.07, 6.45) is 1.38. The number of halogens is 1. The molecule has 22 heavy (non-hydrogen) atoms. The number of hydrogen-bond donors (Lipinski definition) is 2. The van der Waals surface area contributed by atoms with E-state index in [1.54, 1.807) is 12.1 Å². The monoisotopic (exact) mass is 304 g/mol. The molecular formula is C15H13FN2O4. The van der Waals surface area contributed by atoms with E-state index in [1.807, 2.05) is 0 Å². The molecule has 2 N–H and O–H groups in total. The molecule has 0 saturated carbocycles. The van der Waals surface area contributed by atoms with Gasteiger partial charge in [-0.1, -0.05) is 18.2 Å². The number of pyridine rings is 1. The highest BCUT2D eigenvalue weighted by molar-refractivity contribution is 5.90. The van der Waals surface area contributed by atoms with E-state index in [2.05, 4.69) is 10.3 Å². The van der Waals surface area contributed by atoms with Gasteiger partial charge in [0.2, 0.25) is 0 Å². The van der Waals surface area contributed by atoms with Crippen LogP contribution in [0.2, 0.25) is 0 Å². The molecule has 0 saturated heterocycles. The van der Waals surface area contributed by atoms with E-state index in [9.17, 15) is 18.8 Å². The van der Waals surface area contributed by atoms with Crippen molar-refractivity contribution >= 4 is 11.9 Å². The van der Waals surface area contributed by atoms with E-state index in [-0.39, 0.29) is 12.1 Å². The first kappa shape index (κ1) is 15.4. The third kappa shape index (κ3) is 4.02. The van der Waals surface area contributed by atoms with Crippen LogP contribution >= 0.6 is 0 Å². The number of nitrogens with one attached hydrogen (secondary N) is 2. The summed E-state index contributed by atoms with van der Waals surface area (Å²) in [5.41, 5.74) is -0.467. The molecule has 0 unspecified atom stereocenters. The average molecular weight is 304 g/mol. The van der Waals surface area contributed by atoms with Crippen molar-refractivity contribution in [3.05, 3.63) is 69.9 Å². The number of H-pyrrole nitrogens is 1. The number of amides is 1. The van der Waals surface area contributed by atoms with Gasteiger partial charge in [0, 0.05) is 18.3 Å². The molecule has 1 aromatic heterocycles. The summed E-state index contributed by atoms with van der Waals surface area (Å²) in [5.74, 6) is -1.93. The number of ether oxygens (including phenoxy) is 1. The Morgan fingerprint density at radius 2 is 1.95 bits per heavy atom. The molecule has 0 aliphatic carbocycles. The maximum Gasteiger partial charge on any atom is 0.344 e. The Bertz CT molecular complexity index is 742. The second-order valence-corrected chi connectivity index (χ2v) is 4.36. The minimum Gasteiger partial charge on any atom is -0.452 e. The molecule has 0 atom stereocenters. The number of esters is 1. The van der Waals surface area contributed by atoms with Crippen LogP contribution in [0.1, 0.15) is 15.9 Å². The summed E-state index contributed by atoms with van der Waals surface area (Å²) in [6, 6.07) is 8.76. The van der Waals surface area contributed by atoms with Crippen molar-refractivity contribution in [1.29, 1.82) is 0 Å². The van der Waals surface area contributed by atoms with Gasteiger partial charge in [0.25, 0.3) is 11.5 Å². The molecule has 2 rings (SSSR count). The van der Waals surface area contributed by atoms with E-state index in [0.29, 0.717) is 5.56 Å². The topological polar surface area (TPSA) is 88.3 Å². The number of rotatable bonds is 5. The van der Waals surface area contributed by atoms with Crippen LogP contribution in [-0.4, -0.2) is 23.5 Å². The van der Waals surface area contributed by atoms with Crippen molar-refractivity contribution in [3.63, 3.8) is 0 Å². The summed E-state index contributed by atoms with van der Waals surface area (Å²) in [5, 5.41) is 2.42. The lowest BCUT2D eigenvalue weighted by Gasteiger charge is -2.07. The Hall–Kier alpha value is -2.96. The number of carbonyl (C=O) groups excluding carboxylic acids is 2. The molecule has 0 aliphatic rings. The van der Waals surface area contributed by atoms with Crippen molar-refractivity contribution in [2.75, 3.05) is 6.61 Å². The zero-order chi connectivity index (χ0) is 15.9. The zero-order valence-corrected chi connectivity index (χ0v) is 11.5. The predicted molar refractivity (Wildman–Crippen MR) is 75.6 cm³/mol. The molecule has 2 aromatic rings. The van der Waals surface area contributed by atoms with E-state index < -0.39 is 29.9 Å². The molecule has 0 aliphatic heterocycles. The molecule has 0 bridgehead atoms. The van der Waals surface area contributed by atoms with Crippen molar-refractivity contribution in [1.82, 2.24) is 10.3 Å². The molecule has 1 aromatic carbocycles. The summed E-state index contributed by atoms with van der Waals surface area (Å²) < 4.78 is 18.1. The minimum atomic E-state index is -0.900. The van der Waals surface area contributed by atoms with Gasteiger partial charge in [-0.3, -0.25) is 9.59 Å². The lowest BCUT2D eigenvalue weighted by Crippen LogP contribution is -2.29. The molecular weight excluding hydrogens is 291 g/mol. The fourth-order valence-electron chi connectivity index (χ4n) is 1.68. The second kappa shape index (κ2) is 7.16. The largest absolute Gasteiger partial charge is 0.452 e. The van der Waals surface area contributed by atoms with Gasteiger partial charge in [0.1, 0.15) is 11.4 Å². The standard InChI is InChI=1S/C15H13FN2O4/c16-12-6-2-1-4-10(12)8-18-13(19)9-22-15(21)11-5-3-7-17-14(11)20/h1-7H,8-9H2,(H,17,20)(H,18,19). The molecule has 0 spiro atoms. The lowest BCUT2D eigenvalue weighted by atomic mass is 10.2. The molecule has 7 heteroatoms. The third-order valence-electron chi connectivity index (χ3n) is 2.81. The average Bonchev–Trinajstić information content (AvgIpc) is 2.52. The predicted octanol–water partition coefficient (Wildman–Crippen LogP) is 0.987. The second-order valence-electron chi connectivity index (χ2n) is 4.36. The van der Waals surface area contributed by atoms with E-state index in [4.69, 9.17) is 4.74 Å². The van der Waals surface area contributed by atoms with E-state index >= 15 is 0 Å². The Balaban J connectivity index is 1.83. The summed E-state index contributed by atoms with van der Waals surface area (Å²) in [4.78, 5) is 36.8. The Morgan fingerprint density at radius 3 is 2.68 bits per heavy atom. The van der Waals surface area contributed by atoms with Gasteiger partial charge in [0.05, 0.1) is 0 Å².